The number of rotatable bonds is 2. The minimum Gasteiger partial charge on any atom is -0.342 e. The molecular weight excluding hydrogens is 398 g/mol. The lowest BCUT2D eigenvalue weighted by Gasteiger charge is -2.33. The average molecular weight is 428 g/mol. The molecule has 1 amide bonds. The summed E-state index contributed by atoms with van der Waals surface area (Å²) >= 11 is 0. The highest BCUT2D eigenvalue weighted by Gasteiger charge is 2.43. The summed E-state index contributed by atoms with van der Waals surface area (Å²) in [5.74, 6) is 0.0833. The van der Waals surface area contributed by atoms with Gasteiger partial charge in [0.15, 0.2) is 0 Å². The van der Waals surface area contributed by atoms with Crippen LogP contribution in [0.1, 0.15) is 37.3 Å². The topological polar surface area (TPSA) is 69.7 Å². The van der Waals surface area contributed by atoms with Crippen LogP contribution < -0.4 is 5.32 Å². The molecule has 4 rings (SSSR count). The van der Waals surface area contributed by atoms with Gasteiger partial charge in [0.25, 0.3) is 0 Å². The molecule has 0 saturated carbocycles. The van der Waals surface area contributed by atoms with Gasteiger partial charge >= 0.3 is 0 Å². The first-order valence-electron chi connectivity index (χ1n) is 9.98. The van der Waals surface area contributed by atoms with E-state index in [-0.39, 0.29) is 23.7 Å². The summed E-state index contributed by atoms with van der Waals surface area (Å²) in [6.07, 6.45) is 4.59. The van der Waals surface area contributed by atoms with Crippen molar-refractivity contribution in [3.63, 3.8) is 0 Å². The van der Waals surface area contributed by atoms with Gasteiger partial charge in [0.05, 0.1) is 4.90 Å². The molecule has 3 aliphatic heterocycles. The Morgan fingerprint density at radius 3 is 2.39 bits per heavy atom. The number of piperidine rings is 1. The van der Waals surface area contributed by atoms with Crippen LogP contribution in [0.3, 0.4) is 0 Å². The maximum absolute atomic E-state index is 13.3. The molecule has 1 N–H and O–H groups in total. The minimum atomic E-state index is -3.46. The van der Waals surface area contributed by atoms with Crippen molar-refractivity contribution < 1.29 is 13.2 Å². The summed E-state index contributed by atoms with van der Waals surface area (Å²) in [5, 5.41) is 3.38. The first-order valence-corrected chi connectivity index (χ1v) is 11.4. The van der Waals surface area contributed by atoms with Crippen molar-refractivity contribution in [2.45, 2.75) is 43.9 Å². The zero-order valence-corrected chi connectivity index (χ0v) is 18.1. The summed E-state index contributed by atoms with van der Waals surface area (Å²) in [6, 6.07) is 5.55. The number of halogens is 1. The summed E-state index contributed by atoms with van der Waals surface area (Å²) in [6.45, 7) is 6.20. The standard InChI is InChI=1S/C20H29N3O3S.ClH/c1-16(24)22-11-4-17-2-3-19(14-18(17)5-12-22)27(25,26)23-13-8-20(15-23)6-9-21-10-7-20;/h2-3,14,21H,4-13,15H2,1H3;1H. The second kappa shape index (κ2) is 8.30. The molecule has 8 heteroatoms. The molecule has 0 aromatic heterocycles. The van der Waals surface area contributed by atoms with Gasteiger partial charge in [0.1, 0.15) is 0 Å². The zero-order valence-electron chi connectivity index (χ0n) is 16.4. The molecule has 0 atom stereocenters. The third kappa shape index (κ3) is 4.08. The molecule has 0 radical (unpaired) electrons. The molecule has 2 fully saturated rings. The summed E-state index contributed by atoms with van der Waals surface area (Å²) in [4.78, 5) is 13.9. The molecule has 6 nitrogen and oxygen atoms in total. The lowest BCUT2D eigenvalue weighted by molar-refractivity contribution is -0.128. The van der Waals surface area contributed by atoms with Crippen LogP contribution in [0.2, 0.25) is 0 Å². The largest absolute Gasteiger partial charge is 0.342 e. The highest BCUT2D eigenvalue weighted by Crippen LogP contribution is 2.40. The van der Waals surface area contributed by atoms with Crippen LogP contribution in [0.4, 0.5) is 0 Å². The van der Waals surface area contributed by atoms with Gasteiger partial charge in [-0.3, -0.25) is 4.79 Å². The summed E-state index contributed by atoms with van der Waals surface area (Å²) in [7, 11) is -3.46. The van der Waals surface area contributed by atoms with Crippen LogP contribution in [-0.2, 0) is 27.7 Å². The Kier molecular flexibility index (Phi) is 6.39. The van der Waals surface area contributed by atoms with Crippen LogP contribution >= 0.6 is 12.4 Å². The second-order valence-electron chi connectivity index (χ2n) is 8.28. The fourth-order valence-corrected chi connectivity index (χ4v) is 6.40. The van der Waals surface area contributed by atoms with Crippen LogP contribution in [0.15, 0.2) is 23.1 Å². The van der Waals surface area contributed by atoms with E-state index in [0.717, 1.165) is 49.9 Å². The molecule has 0 unspecified atom stereocenters. The van der Waals surface area contributed by atoms with Gasteiger partial charge in [-0.15, -0.1) is 12.4 Å². The van der Waals surface area contributed by atoms with Crippen LogP contribution in [0.25, 0.3) is 0 Å². The number of amides is 1. The number of nitrogens with zero attached hydrogens (tertiary/aromatic N) is 2. The Morgan fingerprint density at radius 1 is 1.04 bits per heavy atom. The predicted molar refractivity (Wildman–Crippen MR) is 111 cm³/mol. The van der Waals surface area contributed by atoms with E-state index in [1.54, 1.807) is 17.3 Å². The number of benzene rings is 1. The molecule has 0 bridgehead atoms. The minimum absolute atomic E-state index is 0. The summed E-state index contributed by atoms with van der Waals surface area (Å²) in [5.41, 5.74) is 2.39. The van der Waals surface area contributed by atoms with Crippen molar-refractivity contribution in [2.24, 2.45) is 5.41 Å². The smallest absolute Gasteiger partial charge is 0.243 e. The van der Waals surface area contributed by atoms with E-state index in [4.69, 9.17) is 0 Å². The third-order valence-corrected chi connectivity index (χ3v) is 8.47. The number of nitrogens with one attached hydrogen (secondary N) is 1. The normalized spacial score (nSPS) is 22.4. The van der Waals surface area contributed by atoms with Crippen LogP contribution in [0, 0.1) is 5.41 Å². The molecule has 28 heavy (non-hydrogen) atoms. The van der Waals surface area contributed by atoms with Gasteiger partial charge in [-0.2, -0.15) is 4.31 Å². The van der Waals surface area contributed by atoms with Gasteiger partial charge in [-0.05, 0) is 73.9 Å². The van der Waals surface area contributed by atoms with Crippen molar-refractivity contribution >= 4 is 28.3 Å². The Labute approximate surface area is 174 Å². The quantitative estimate of drug-likeness (QED) is 0.781. The van der Waals surface area contributed by atoms with Gasteiger partial charge in [0, 0.05) is 33.1 Å². The van der Waals surface area contributed by atoms with Crippen molar-refractivity contribution in [3.05, 3.63) is 29.3 Å². The Morgan fingerprint density at radius 2 is 1.71 bits per heavy atom. The van der Waals surface area contributed by atoms with Crippen molar-refractivity contribution in [3.8, 4) is 0 Å². The van der Waals surface area contributed by atoms with Gasteiger partial charge < -0.3 is 10.2 Å². The van der Waals surface area contributed by atoms with Crippen molar-refractivity contribution in [2.75, 3.05) is 39.3 Å². The number of sulfonamides is 1. The Bertz CT molecular complexity index is 837. The highest BCUT2D eigenvalue weighted by atomic mass is 35.5. The lowest BCUT2D eigenvalue weighted by Crippen LogP contribution is -2.39. The van der Waals surface area contributed by atoms with Crippen molar-refractivity contribution in [1.82, 2.24) is 14.5 Å². The van der Waals surface area contributed by atoms with E-state index in [9.17, 15) is 13.2 Å². The molecular formula is C20H30ClN3O3S. The first-order chi connectivity index (χ1) is 12.9. The van der Waals surface area contributed by atoms with E-state index >= 15 is 0 Å². The van der Waals surface area contributed by atoms with Crippen LogP contribution in [-0.4, -0.2) is 62.8 Å². The Balaban J connectivity index is 0.00000225. The highest BCUT2D eigenvalue weighted by molar-refractivity contribution is 7.89. The van der Waals surface area contributed by atoms with E-state index < -0.39 is 10.0 Å². The monoisotopic (exact) mass is 427 g/mol. The number of carbonyl (C=O) groups is 1. The maximum atomic E-state index is 13.3. The zero-order chi connectivity index (χ0) is 19.1. The number of hydrogen-bond acceptors (Lipinski definition) is 4. The number of fused-ring (bicyclic) bond motifs is 1. The fourth-order valence-electron chi connectivity index (χ4n) is 4.79. The lowest BCUT2D eigenvalue weighted by atomic mass is 9.78. The van der Waals surface area contributed by atoms with E-state index in [2.05, 4.69) is 5.32 Å². The second-order valence-corrected chi connectivity index (χ2v) is 10.2. The SMILES string of the molecule is CC(=O)N1CCc2ccc(S(=O)(=O)N3CCC4(CCNCC4)C3)cc2CC1.Cl. The first kappa shape index (κ1) is 21.6. The van der Waals surface area contributed by atoms with E-state index in [0.29, 0.717) is 37.5 Å². The van der Waals surface area contributed by atoms with Crippen LogP contribution in [0.5, 0.6) is 0 Å². The fraction of sp³-hybridized carbons (Fsp3) is 0.650. The molecule has 2 saturated heterocycles. The molecule has 1 spiro atoms. The Hall–Kier alpha value is -1.15. The van der Waals surface area contributed by atoms with Gasteiger partial charge in [-0.1, -0.05) is 6.07 Å². The van der Waals surface area contributed by atoms with Gasteiger partial charge in [0.2, 0.25) is 15.9 Å². The number of carbonyl (C=O) groups excluding carboxylic acids is 1. The molecule has 1 aromatic rings. The molecule has 3 heterocycles. The molecule has 3 aliphatic rings. The van der Waals surface area contributed by atoms with Crippen molar-refractivity contribution in [1.29, 1.82) is 0 Å². The van der Waals surface area contributed by atoms with E-state index in [1.807, 2.05) is 17.0 Å². The molecule has 156 valence electrons. The number of hydrogen-bond donors (Lipinski definition) is 1. The molecule has 1 aromatic carbocycles. The third-order valence-electron chi connectivity index (χ3n) is 6.63. The summed E-state index contributed by atoms with van der Waals surface area (Å²) < 4.78 is 28.2. The van der Waals surface area contributed by atoms with Gasteiger partial charge in [-0.25, -0.2) is 8.42 Å². The average Bonchev–Trinajstić information content (AvgIpc) is 2.94. The predicted octanol–water partition coefficient (Wildman–Crippen LogP) is 1.82. The van der Waals surface area contributed by atoms with E-state index in [1.165, 1.54) is 0 Å². The maximum Gasteiger partial charge on any atom is 0.243 e. The molecule has 0 aliphatic carbocycles.